The molecule has 96 valence electrons. The van der Waals surface area contributed by atoms with Gasteiger partial charge in [-0.05, 0) is 19.8 Å². The van der Waals surface area contributed by atoms with Crippen LogP contribution in [0.15, 0.2) is 0 Å². The Bertz CT molecular complexity index is 138. The van der Waals surface area contributed by atoms with Gasteiger partial charge >= 0.3 is 0 Å². The van der Waals surface area contributed by atoms with Gasteiger partial charge < -0.3 is 4.84 Å². The van der Waals surface area contributed by atoms with E-state index in [-0.39, 0.29) is 0 Å². The van der Waals surface area contributed by atoms with Crippen LogP contribution in [0.3, 0.4) is 0 Å². The van der Waals surface area contributed by atoms with Gasteiger partial charge in [0.15, 0.2) is 0 Å². The van der Waals surface area contributed by atoms with E-state index < -0.39 is 0 Å². The van der Waals surface area contributed by atoms with Crippen molar-refractivity contribution in [3.05, 3.63) is 0 Å². The van der Waals surface area contributed by atoms with E-state index in [1.807, 2.05) is 6.92 Å². The molecule has 1 fully saturated rings. The van der Waals surface area contributed by atoms with Crippen LogP contribution in [0.1, 0.15) is 77.6 Å². The minimum Gasteiger partial charge on any atom is -0.302 e. The molecule has 0 aromatic heterocycles. The summed E-state index contributed by atoms with van der Waals surface area (Å²) in [5, 5.41) is 0. The summed E-state index contributed by atoms with van der Waals surface area (Å²) < 4.78 is 0. The lowest BCUT2D eigenvalue weighted by atomic mass is 9.98. The summed E-state index contributed by atoms with van der Waals surface area (Å²) in [6.45, 7) is 2.82. The fourth-order valence-corrected chi connectivity index (χ4v) is 2.48. The van der Waals surface area contributed by atoms with Gasteiger partial charge in [0.1, 0.15) is 0 Å². The topological polar surface area (TPSA) is 21.3 Å². The Hall–Kier alpha value is -0.0800. The molecular formula is C14H29NO. The second-order valence-corrected chi connectivity index (χ2v) is 5.01. The Morgan fingerprint density at radius 3 is 1.69 bits per heavy atom. The third kappa shape index (κ3) is 7.24. The van der Waals surface area contributed by atoms with Gasteiger partial charge in [0, 0.05) is 6.04 Å². The predicted molar refractivity (Wildman–Crippen MR) is 69.3 cm³/mol. The van der Waals surface area contributed by atoms with Crippen LogP contribution in [0.5, 0.6) is 0 Å². The van der Waals surface area contributed by atoms with Gasteiger partial charge in [-0.2, -0.15) is 5.48 Å². The van der Waals surface area contributed by atoms with E-state index in [9.17, 15) is 0 Å². The van der Waals surface area contributed by atoms with E-state index in [0.717, 1.165) is 6.61 Å². The summed E-state index contributed by atoms with van der Waals surface area (Å²) in [4.78, 5) is 5.35. The molecule has 1 aliphatic rings. The second-order valence-electron chi connectivity index (χ2n) is 5.01. The van der Waals surface area contributed by atoms with Crippen molar-refractivity contribution in [1.29, 1.82) is 0 Å². The maximum Gasteiger partial charge on any atom is 0.0654 e. The van der Waals surface area contributed by atoms with Crippen molar-refractivity contribution in [2.24, 2.45) is 0 Å². The highest BCUT2D eigenvalue weighted by atomic mass is 16.6. The maximum absolute atomic E-state index is 5.35. The van der Waals surface area contributed by atoms with E-state index in [4.69, 9.17) is 4.84 Å². The Morgan fingerprint density at radius 2 is 1.25 bits per heavy atom. The average molecular weight is 227 g/mol. The summed E-state index contributed by atoms with van der Waals surface area (Å²) in [6.07, 6.45) is 15.3. The van der Waals surface area contributed by atoms with Crippen molar-refractivity contribution < 1.29 is 4.84 Å². The first kappa shape index (κ1) is 14.0. The highest BCUT2D eigenvalue weighted by Gasteiger charge is 2.08. The SMILES string of the molecule is CCONC1CCCCCCCCCCC1. The van der Waals surface area contributed by atoms with Crippen molar-refractivity contribution in [3.8, 4) is 0 Å². The number of hydrogen-bond donors (Lipinski definition) is 1. The third-order valence-corrected chi connectivity index (χ3v) is 3.50. The Balaban J connectivity index is 2.19. The molecule has 1 rings (SSSR count). The molecule has 0 amide bonds. The van der Waals surface area contributed by atoms with Crippen molar-refractivity contribution in [2.75, 3.05) is 6.61 Å². The van der Waals surface area contributed by atoms with Crippen LogP contribution < -0.4 is 5.48 Å². The second kappa shape index (κ2) is 10.1. The van der Waals surface area contributed by atoms with E-state index in [2.05, 4.69) is 5.48 Å². The van der Waals surface area contributed by atoms with E-state index in [1.54, 1.807) is 0 Å². The molecule has 1 N–H and O–H groups in total. The summed E-state index contributed by atoms with van der Waals surface area (Å²) in [5.41, 5.74) is 3.22. The van der Waals surface area contributed by atoms with Crippen molar-refractivity contribution >= 4 is 0 Å². The molecule has 1 saturated carbocycles. The molecule has 0 saturated heterocycles. The molecule has 0 bridgehead atoms. The molecule has 0 aliphatic heterocycles. The highest BCUT2D eigenvalue weighted by Crippen LogP contribution is 2.16. The summed E-state index contributed by atoms with van der Waals surface area (Å²) >= 11 is 0. The van der Waals surface area contributed by atoms with Crippen LogP contribution in [-0.4, -0.2) is 12.6 Å². The normalized spacial score (nSPS) is 22.3. The van der Waals surface area contributed by atoms with Gasteiger partial charge in [-0.3, -0.25) is 0 Å². The van der Waals surface area contributed by atoms with Gasteiger partial charge in [0.25, 0.3) is 0 Å². The van der Waals surface area contributed by atoms with E-state index >= 15 is 0 Å². The Morgan fingerprint density at radius 1 is 0.812 bits per heavy atom. The first-order valence-corrected chi connectivity index (χ1v) is 7.31. The van der Waals surface area contributed by atoms with Gasteiger partial charge in [-0.15, -0.1) is 0 Å². The molecule has 0 radical (unpaired) electrons. The summed E-state index contributed by atoms with van der Waals surface area (Å²) in [7, 11) is 0. The fourth-order valence-electron chi connectivity index (χ4n) is 2.48. The minimum atomic E-state index is 0.597. The first-order chi connectivity index (χ1) is 7.93. The first-order valence-electron chi connectivity index (χ1n) is 7.31. The highest BCUT2D eigenvalue weighted by molar-refractivity contribution is 4.64. The van der Waals surface area contributed by atoms with Crippen molar-refractivity contribution in [3.63, 3.8) is 0 Å². The molecule has 2 heteroatoms. The number of rotatable bonds is 3. The molecule has 0 heterocycles. The van der Waals surface area contributed by atoms with Gasteiger partial charge in [0.05, 0.1) is 6.61 Å². The standard InChI is InChI=1S/C14H29NO/c1-2-16-15-14-12-10-8-6-4-3-5-7-9-11-13-14/h14-15H,2-13H2,1H3. The van der Waals surface area contributed by atoms with Crippen LogP contribution in [-0.2, 0) is 4.84 Å². The summed E-state index contributed by atoms with van der Waals surface area (Å²) in [5.74, 6) is 0. The number of hydrogen-bond acceptors (Lipinski definition) is 2. The van der Waals surface area contributed by atoms with Crippen LogP contribution in [0.25, 0.3) is 0 Å². The minimum absolute atomic E-state index is 0.597. The molecule has 0 aromatic carbocycles. The Labute approximate surface area is 101 Å². The lowest BCUT2D eigenvalue weighted by Crippen LogP contribution is -2.29. The molecule has 1 aliphatic carbocycles. The van der Waals surface area contributed by atoms with Gasteiger partial charge in [0.2, 0.25) is 0 Å². The predicted octanol–water partition coefficient (Wildman–Crippen LogP) is 4.20. The average Bonchev–Trinajstić information content (AvgIpc) is 2.28. The maximum atomic E-state index is 5.35. The lowest BCUT2D eigenvalue weighted by Gasteiger charge is -2.18. The van der Waals surface area contributed by atoms with Crippen molar-refractivity contribution in [2.45, 2.75) is 83.6 Å². The van der Waals surface area contributed by atoms with Crippen molar-refractivity contribution in [1.82, 2.24) is 5.48 Å². The lowest BCUT2D eigenvalue weighted by molar-refractivity contribution is 0.0189. The molecule has 0 atom stereocenters. The number of hydroxylamine groups is 1. The van der Waals surface area contributed by atoms with Crippen LogP contribution in [0.2, 0.25) is 0 Å². The zero-order valence-corrected chi connectivity index (χ0v) is 11.0. The molecule has 2 nitrogen and oxygen atoms in total. The van der Waals surface area contributed by atoms with Crippen LogP contribution >= 0.6 is 0 Å². The largest absolute Gasteiger partial charge is 0.302 e. The molecule has 0 aromatic rings. The monoisotopic (exact) mass is 227 g/mol. The molecule has 0 spiro atoms. The Kier molecular flexibility index (Phi) is 8.83. The van der Waals surface area contributed by atoms with Gasteiger partial charge in [-0.1, -0.05) is 57.8 Å². The smallest absolute Gasteiger partial charge is 0.0654 e. The molecule has 0 unspecified atom stereocenters. The summed E-state index contributed by atoms with van der Waals surface area (Å²) in [6, 6.07) is 0.597. The third-order valence-electron chi connectivity index (χ3n) is 3.50. The zero-order valence-electron chi connectivity index (χ0n) is 11.0. The van der Waals surface area contributed by atoms with E-state index in [0.29, 0.717) is 6.04 Å². The number of nitrogens with one attached hydrogen (secondary N) is 1. The quantitative estimate of drug-likeness (QED) is 0.730. The zero-order chi connectivity index (χ0) is 11.5. The molecule has 16 heavy (non-hydrogen) atoms. The fraction of sp³-hybridized carbons (Fsp3) is 1.00. The van der Waals surface area contributed by atoms with Crippen LogP contribution in [0, 0.1) is 0 Å². The van der Waals surface area contributed by atoms with Gasteiger partial charge in [-0.25, -0.2) is 0 Å². The van der Waals surface area contributed by atoms with E-state index in [1.165, 1.54) is 70.6 Å². The molecular weight excluding hydrogens is 198 g/mol. The van der Waals surface area contributed by atoms with Crippen LogP contribution in [0.4, 0.5) is 0 Å².